The average Bonchev–Trinajstić information content (AvgIpc) is 2.78. The van der Waals surface area contributed by atoms with E-state index < -0.39 is 0 Å². The number of quaternary nitrogens is 1. The molecule has 0 fully saturated rings. The minimum Gasteiger partial charge on any atom is -1.00 e. The second kappa shape index (κ2) is 5.90. The molecular weight excluding hydrogens is 262 g/mol. The van der Waals surface area contributed by atoms with E-state index in [0.717, 1.165) is 25.1 Å². The van der Waals surface area contributed by atoms with Crippen LogP contribution in [0.25, 0.3) is 10.9 Å². The summed E-state index contributed by atoms with van der Waals surface area (Å²) in [4.78, 5) is 0. The minimum absolute atomic E-state index is 0. The van der Waals surface area contributed by atoms with Crippen LogP contribution in [0.2, 0.25) is 0 Å². The first-order valence-electron chi connectivity index (χ1n) is 6.66. The normalized spacial score (nSPS) is 19.8. The van der Waals surface area contributed by atoms with Crippen LogP contribution in [0.1, 0.15) is 25.1 Å². The predicted molar refractivity (Wildman–Crippen MR) is 70.4 cm³/mol. The Balaban J connectivity index is 0.00000133. The lowest BCUT2D eigenvalue weighted by molar-refractivity contribution is -0.661. The summed E-state index contributed by atoms with van der Waals surface area (Å²) >= 11 is 0. The summed E-state index contributed by atoms with van der Waals surface area (Å²) in [7, 11) is 2.11. The molecule has 5 heteroatoms. The van der Waals surface area contributed by atoms with Gasteiger partial charge in [0.25, 0.3) is 0 Å². The Labute approximate surface area is 119 Å². The van der Waals surface area contributed by atoms with Crippen LogP contribution >= 0.6 is 0 Å². The number of benzene rings is 1. The number of hydrogen-bond acceptors (Lipinski definition) is 2. The summed E-state index contributed by atoms with van der Waals surface area (Å²) in [5.41, 5.74) is 2.33. The number of ether oxygens (including phenoxy) is 1. The van der Waals surface area contributed by atoms with Crippen molar-refractivity contribution in [3.63, 3.8) is 0 Å². The lowest BCUT2D eigenvalue weighted by Gasteiger charge is -2.25. The van der Waals surface area contributed by atoms with E-state index in [1.165, 1.54) is 11.1 Å². The number of halogens is 1. The van der Waals surface area contributed by atoms with Crippen LogP contribution in [-0.4, -0.2) is 29.5 Å². The monoisotopic (exact) mass is 281 g/mol. The zero-order chi connectivity index (χ0) is 12.5. The maximum absolute atomic E-state index is 5.96. The van der Waals surface area contributed by atoms with Gasteiger partial charge in [-0.2, -0.15) is 5.10 Å². The molecule has 104 valence electrons. The summed E-state index contributed by atoms with van der Waals surface area (Å²) in [6.45, 7) is 3.87. The Morgan fingerprint density at radius 2 is 2.26 bits per heavy atom. The van der Waals surface area contributed by atoms with E-state index in [4.69, 9.17) is 4.74 Å². The number of rotatable bonds is 3. The zero-order valence-corrected chi connectivity index (χ0v) is 12.1. The first-order chi connectivity index (χ1) is 8.79. The van der Waals surface area contributed by atoms with Gasteiger partial charge in [-0.15, -0.1) is 0 Å². The third-order valence-corrected chi connectivity index (χ3v) is 3.77. The molecule has 0 bridgehead atoms. The molecular formula is C14H20ClN3O. The number of nitrogens with two attached hydrogens (primary N) is 1. The van der Waals surface area contributed by atoms with Crippen LogP contribution in [-0.2, 0) is 11.3 Å². The van der Waals surface area contributed by atoms with Crippen LogP contribution < -0.4 is 17.7 Å². The van der Waals surface area contributed by atoms with Crippen molar-refractivity contribution in [3.8, 4) is 0 Å². The SMILES string of the molecule is C[NH2+]C(C)C[C@@H]1OCCn2nc3ccccc3c21.[Cl-]. The third-order valence-electron chi connectivity index (χ3n) is 3.77. The second-order valence-electron chi connectivity index (χ2n) is 5.03. The Hall–Kier alpha value is -1.10. The Kier molecular flexibility index (Phi) is 4.45. The van der Waals surface area contributed by atoms with Crippen molar-refractivity contribution < 1.29 is 22.5 Å². The van der Waals surface area contributed by atoms with Gasteiger partial charge in [-0.05, 0) is 13.0 Å². The van der Waals surface area contributed by atoms with Crippen LogP contribution in [0.5, 0.6) is 0 Å². The molecule has 4 nitrogen and oxygen atoms in total. The van der Waals surface area contributed by atoms with E-state index in [0.29, 0.717) is 6.04 Å². The molecule has 1 aliphatic heterocycles. The summed E-state index contributed by atoms with van der Waals surface area (Å²) < 4.78 is 8.09. The van der Waals surface area contributed by atoms with Crippen LogP contribution in [0, 0.1) is 0 Å². The van der Waals surface area contributed by atoms with Crippen molar-refractivity contribution in [1.29, 1.82) is 0 Å². The van der Waals surface area contributed by atoms with Crippen molar-refractivity contribution in [3.05, 3.63) is 30.0 Å². The fourth-order valence-electron chi connectivity index (χ4n) is 2.62. The molecule has 19 heavy (non-hydrogen) atoms. The minimum atomic E-state index is 0. The Bertz CT molecular complexity index is 555. The van der Waals surface area contributed by atoms with Gasteiger partial charge in [0, 0.05) is 11.8 Å². The highest BCUT2D eigenvalue weighted by Gasteiger charge is 2.27. The maximum Gasteiger partial charge on any atom is 0.105 e. The van der Waals surface area contributed by atoms with Gasteiger partial charge in [0.05, 0.1) is 37.5 Å². The number of fused-ring (bicyclic) bond motifs is 3. The van der Waals surface area contributed by atoms with Gasteiger partial charge >= 0.3 is 0 Å². The van der Waals surface area contributed by atoms with E-state index in [2.05, 4.69) is 47.3 Å². The molecule has 0 radical (unpaired) electrons. The number of aromatic nitrogens is 2. The Morgan fingerprint density at radius 1 is 1.47 bits per heavy atom. The molecule has 1 aromatic carbocycles. The van der Waals surface area contributed by atoms with Crippen molar-refractivity contribution in [2.24, 2.45) is 0 Å². The van der Waals surface area contributed by atoms with Gasteiger partial charge in [-0.3, -0.25) is 4.68 Å². The van der Waals surface area contributed by atoms with Crippen LogP contribution in [0.4, 0.5) is 0 Å². The molecule has 1 aromatic heterocycles. The second-order valence-corrected chi connectivity index (χ2v) is 5.03. The molecule has 0 saturated carbocycles. The molecule has 1 aliphatic rings. The molecule has 0 saturated heterocycles. The average molecular weight is 282 g/mol. The molecule has 3 rings (SSSR count). The van der Waals surface area contributed by atoms with Crippen molar-refractivity contribution >= 4 is 10.9 Å². The molecule has 2 N–H and O–H groups in total. The fraction of sp³-hybridized carbons (Fsp3) is 0.500. The number of hydrogen-bond donors (Lipinski definition) is 1. The highest BCUT2D eigenvalue weighted by Crippen LogP contribution is 2.32. The van der Waals surface area contributed by atoms with Crippen molar-refractivity contribution in [2.45, 2.75) is 32.0 Å². The van der Waals surface area contributed by atoms with Gasteiger partial charge in [-0.1, -0.05) is 18.2 Å². The van der Waals surface area contributed by atoms with Crippen LogP contribution in [0.15, 0.2) is 24.3 Å². The zero-order valence-electron chi connectivity index (χ0n) is 11.3. The van der Waals surface area contributed by atoms with Gasteiger partial charge in [0.2, 0.25) is 0 Å². The van der Waals surface area contributed by atoms with E-state index in [1.54, 1.807) is 0 Å². The van der Waals surface area contributed by atoms with Crippen molar-refractivity contribution in [1.82, 2.24) is 9.78 Å². The maximum atomic E-state index is 5.96. The van der Waals surface area contributed by atoms with E-state index >= 15 is 0 Å². The summed E-state index contributed by atoms with van der Waals surface area (Å²) in [5.74, 6) is 0. The lowest BCUT2D eigenvalue weighted by Crippen LogP contribution is -3.00. The highest BCUT2D eigenvalue weighted by molar-refractivity contribution is 5.81. The molecule has 2 heterocycles. The smallest absolute Gasteiger partial charge is 0.105 e. The van der Waals surface area contributed by atoms with E-state index in [1.807, 2.05) is 6.07 Å². The van der Waals surface area contributed by atoms with E-state index in [-0.39, 0.29) is 18.5 Å². The van der Waals surface area contributed by atoms with Crippen LogP contribution in [0.3, 0.4) is 0 Å². The summed E-state index contributed by atoms with van der Waals surface area (Å²) in [6, 6.07) is 8.91. The fourth-order valence-corrected chi connectivity index (χ4v) is 2.62. The van der Waals surface area contributed by atoms with Gasteiger partial charge in [-0.25, -0.2) is 0 Å². The highest BCUT2D eigenvalue weighted by atomic mass is 35.5. The summed E-state index contributed by atoms with van der Waals surface area (Å²) in [6.07, 6.45) is 1.21. The van der Waals surface area contributed by atoms with Gasteiger partial charge in [0.1, 0.15) is 6.10 Å². The molecule has 1 unspecified atom stereocenters. The van der Waals surface area contributed by atoms with Crippen molar-refractivity contribution in [2.75, 3.05) is 13.7 Å². The quantitative estimate of drug-likeness (QED) is 0.713. The largest absolute Gasteiger partial charge is 1.00 e. The molecule has 0 aliphatic carbocycles. The standard InChI is InChI=1S/C14H19N3O.ClH/c1-10(15-2)9-13-14-11-5-3-4-6-12(11)16-17(14)7-8-18-13;/h3-6,10,13,15H,7-9H2,1-2H3;1H/t10?,13-;/m0./s1. The topological polar surface area (TPSA) is 43.7 Å². The summed E-state index contributed by atoms with van der Waals surface area (Å²) in [5, 5.41) is 8.14. The number of nitrogens with zero attached hydrogens (tertiary/aromatic N) is 2. The van der Waals surface area contributed by atoms with Gasteiger partial charge in [0.15, 0.2) is 0 Å². The third kappa shape index (κ3) is 2.61. The van der Waals surface area contributed by atoms with Gasteiger partial charge < -0.3 is 22.5 Å². The molecule has 2 aromatic rings. The molecule has 2 atom stereocenters. The first kappa shape index (κ1) is 14.3. The Morgan fingerprint density at radius 3 is 3.05 bits per heavy atom. The first-order valence-corrected chi connectivity index (χ1v) is 6.66. The molecule has 0 spiro atoms. The lowest BCUT2D eigenvalue weighted by atomic mass is 10.0. The van der Waals surface area contributed by atoms with E-state index in [9.17, 15) is 0 Å². The predicted octanol–water partition coefficient (Wildman–Crippen LogP) is -1.92. The molecule has 0 amide bonds.